The van der Waals surface area contributed by atoms with E-state index in [0.717, 1.165) is 6.07 Å². The maximum absolute atomic E-state index is 13.8. The van der Waals surface area contributed by atoms with Crippen LogP contribution < -0.4 is 15.8 Å². The number of pyridine rings is 1. The van der Waals surface area contributed by atoms with Gasteiger partial charge in [0.25, 0.3) is 5.91 Å². The molecule has 0 aliphatic carbocycles. The molecule has 0 saturated heterocycles. The van der Waals surface area contributed by atoms with Gasteiger partial charge in [0.2, 0.25) is 0 Å². The zero-order chi connectivity index (χ0) is 20.3. The SMILES string of the molecule is CC(Oc1cc(C(=O)Nc2cccnc2)nnc1N)c1c(Cl)ccc(F)c1Cl. The number of hydrogen-bond donors (Lipinski definition) is 2. The van der Waals surface area contributed by atoms with Gasteiger partial charge in [0, 0.05) is 22.8 Å². The molecule has 144 valence electrons. The molecule has 2 aromatic heterocycles. The Morgan fingerprint density at radius 3 is 2.79 bits per heavy atom. The Labute approximate surface area is 169 Å². The smallest absolute Gasteiger partial charge is 0.276 e. The number of anilines is 2. The first kappa shape index (κ1) is 19.8. The van der Waals surface area contributed by atoms with Gasteiger partial charge in [-0.15, -0.1) is 10.2 Å². The van der Waals surface area contributed by atoms with E-state index in [4.69, 9.17) is 33.7 Å². The molecule has 10 heteroatoms. The number of halogens is 3. The number of amides is 1. The molecular formula is C18H14Cl2FN5O2. The van der Waals surface area contributed by atoms with Crippen molar-refractivity contribution in [3.63, 3.8) is 0 Å². The van der Waals surface area contributed by atoms with Crippen molar-refractivity contribution in [2.24, 2.45) is 0 Å². The Hall–Kier alpha value is -2.97. The zero-order valence-electron chi connectivity index (χ0n) is 14.5. The molecule has 3 aromatic rings. The molecule has 0 spiro atoms. The van der Waals surface area contributed by atoms with Crippen LogP contribution in [0, 0.1) is 5.82 Å². The summed E-state index contributed by atoms with van der Waals surface area (Å²) in [6, 6.07) is 7.20. The lowest BCUT2D eigenvalue weighted by Crippen LogP contribution is -2.16. The van der Waals surface area contributed by atoms with E-state index in [-0.39, 0.29) is 32.9 Å². The first-order chi connectivity index (χ1) is 13.4. The van der Waals surface area contributed by atoms with Crippen LogP contribution in [0.25, 0.3) is 0 Å². The minimum atomic E-state index is -0.767. The van der Waals surface area contributed by atoms with E-state index in [2.05, 4.69) is 20.5 Å². The minimum Gasteiger partial charge on any atom is -0.482 e. The van der Waals surface area contributed by atoms with Crippen molar-refractivity contribution < 1.29 is 13.9 Å². The fourth-order valence-electron chi connectivity index (χ4n) is 2.39. The first-order valence-corrected chi connectivity index (χ1v) is 8.77. The van der Waals surface area contributed by atoms with E-state index in [1.165, 1.54) is 18.3 Å². The lowest BCUT2D eigenvalue weighted by atomic mass is 10.1. The number of nitrogens with two attached hydrogens (primary N) is 1. The zero-order valence-corrected chi connectivity index (χ0v) is 16.0. The number of nitrogens with one attached hydrogen (secondary N) is 1. The van der Waals surface area contributed by atoms with E-state index >= 15 is 0 Å². The van der Waals surface area contributed by atoms with Crippen LogP contribution in [-0.2, 0) is 0 Å². The number of nitrogens with zero attached hydrogens (tertiary/aromatic N) is 3. The Kier molecular flexibility index (Phi) is 5.91. The van der Waals surface area contributed by atoms with Crippen LogP contribution in [0.2, 0.25) is 10.0 Å². The number of rotatable bonds is 5. The highest BCUT2D eigenvalue weighted by Crippen LogP contribution is 2.35. The van der Waals surface area contributed by atoms with Gasteiger partial charge in [-0.3, -0.25) is 9.78 Å². The van der Waals surface area contributed by atoms with E-state index in [1.54, 1.807) is 25.3 Å². The third-order valence-corrected chi connectivity index (χ3v) is 4.44. The highest BCUT2D eigenvalue weighted by molar-refractivity contribution is 6.36. The number of carbonyl (C=O) groups is 1. The molecule has 2 heterocycles. The van der Waals surface area contributed by atoms with Gasteiger partial charge in [-0.1, -0.05) is 23.2 Å². The summed E-state index contributed by atoms with van der Waals surface area (Å²) in [6.07, 6.45) is 2.29. The van der Waals surface area contributed by atoms with Crippen molar-refractivity contribution in [1.82, 2.24) is 15.2 Å². The molecule has 0 fully saturated rings. The van der Waals surface area contributed by atoms with Crippen molar-refractivity contribution in [2.75, 3.05) is 11.1 Å². The third-order valence-electron chi connectivity index (χ3n) is 3.73. The highest BCUT2D eigenvalue weighted by atomic mass is 35.5. The molecule has 3 N–H and O–H groups in total. The van der Waals surface area contributed by atoms with Crippen molar-refractivity contribution in [3.8, 4) is 5.75 Å². The number of nitrogen functional groups attached to an aromatic ring is 1. The quantitative estimate of drug-likeness (QED) is 0.595. The summed E-state index contributed by atoms with van der Waals surface area (Å²) in [6.45, 7) is 1.61. The summed E-state index contributed by atoms with van der Waals surface area (Å²) < 4.78 is 19.5. The van der Waals surface area contributed by atoms with Crippen LogP contribution in [0.1, 0.15) is 29.1 Å². The molecule has 0 bridgehead atoms. The summed E-state index contributed by atoms with van der Waals surface area (Å²) in [5.41, 5.74) is 6.50. The first-order valence-electron chi connectivity index (χ1n) is 8.01. The average Bonchev–Trinajstić information content (AvgIpc) is 2.67. The molecule has 1 unspecified atom stereocenters. The third kappa shape index (κ3) is 4.29. The standard InChI is InChI=1S/C18H14Cl2FN5O2/c1-9(15-11(19)4-5-12(21)16(15)20)28-14-7-13(25-26-17(14)22)18(27)24-10-3-2-6-23-8-10/h2-9H,1H3,(H2,22,26)(H,24,27). The molecule has 0 radical (unpaired) electrons. The minimum absolute atomic E-state index is 0.0308. The van der Waals surface area contributed by atoms with Crippen LogP contribution in [0.3, 0.4) is 0 Å². The highest BCUT2D eigenvalue weighted by Gasteiger charge is 2.21. The summed E-state index contributed by atoms with van der Waals surface area (Å²) >= 11 is 12.1. The Morgan fingerprint density at radius 2 is 2.07 bits per heavy atom. The molecule has 1 aromatic carbocycles. The summed E-state index contributed by atoms with van der Waals surface area (Å²) in [7, 11) is 0. The van der Waals surface area contributed by atoms with Crippen LogP contribution in [0.15, 0.2) is 42.7 Å². The normalized spacial score (nSPS) is 11.7. The Balaban J connectivity index is 1.84. The van der Waals surface area contributed by atoms with Crippen molar-refractivity contribution in [2.45, 2.75) is 13.0 Å². The van der Waals surface area contributed by atoms with Gasteiger partial charge >= 0.3 is 0 Å². The largest absolute Gasteiger partial charge is 0.482 e. The fourth-order valence-corrected chi connectivity index (χ4v) is 3.06. The number of carbonyl (C=O) groups excluding carboxylic acids is 1. The van der Waals surface area contributed by atoms with Crippen LogP contribution in [-0.4, -0.2) is 21.1 Å². The second-order valence-electron chi connectivity index (χ2n) is 5.69. The monoisotopic (exact) mass is 421 g/mol. The molecule has 28 heavy (non-hydrogen) atoms. The van der Waals surface area contributed by atoms with Gasteiger partial charge in [-0.05, 0) is 31.2 Å². The second-order valence-corrected chi connectivity index (χ2v) is 6.48. The Morgan fingerprint density at radius 1 is 1.29 bits per heavy atom. The maximum Gasteiger partial charge on any atom is 0.276 e. The number of ether oxygens (including phenoxy) is 1. The lowest BCUT2D eigenvalue weighted by molar-refractivity contribution is 0.102. The lowest BCUT2D eigenvalue weighted by Gasteiger charge is -2.18. The molecule has 1 amide bonds. The number of hydrogen-bond acceptors (Lipinski definition) is 6. The van der Waals surface area contributed by atoms with Gasteiger partial charge < -0.3 is 15.8 Å². The van der Waals surface area contributed by atoms with Crippen molar-refractivity contribution in [1.29, 1.82) is 0 Å². The van der Waals surface area contributed by atoms with Gasteiger partial charge in [0.1, 0.15) is 11.9 Å². The molecule has 0 aliphatic heterocycles. The van der Waals surface area contributed by atoms with Crippen LogP contribution in [0.5, 0.6) is 5.75 Å². The van der Waals surface area contributed by atoms with E-state index in [0.29, 0.717) is 5.69 Å². The van der Waals surface area contributed by atoms with Gasteiger partial charge in [-0.2, -0.15) is 0 Å². The average molecular weight is 422 g/mol. The van der Waals surface area contributed by atoms with Crippen molar-refractivity contribution in [3.05, 3.63) is 69.8 Å². The molecule has 0 aliphatic rings. The van der Waals surface area contributed by atoms with Crippen LogP contribution in [0.4, 0.5) is 15.9 Å². The van der Waals surface area contributed by atoms with Gasteiger partial charge in [0.15, 0.2) is 17.3 Å². The molecule has 1 atom stereocenters. The summed E-state index contributed by atoms with van der Waals surface area (Å²) in [5, 5.41) is 10.2. The number of benzene rings is 1. The second kappa shape index (κ2) is 8.37. The van der Waals surface area contributed by atoms with E-state index < -0.39 is 17.8 Å². The predicted molar refractivity (Wildman–Crippen MR) is 104 cm³/mol. The molecule has 7 nitrogen and oxygen atoms in total. The Bertz CT molecular complexity index is 1020. The summed E-state index contributed by atoms with van der Waals surface area (Å²) in [4.78, 5) is 16.3. The molecule has 0 saturated carbocycles. The van der Waals surface area contributed by atoms with Gasteiger partial charge in [-0.25, -0.2) is 4.39 Å². The van der Waals surface area contributed by atoms with Crippen LogP contribution >= 0.6 is 23.2 Å². The maximum atomic E-state index is 13.8. The van der Waals surface area contributed by atoms with E-state index in [9.17, 15) is 9.18 Å². The molecule has 3 rings (SSSR count). The fraction of sp³-hybridized carbons (Fsp3) is 0.111. The topological polar surface area (TPSA) is 103 Å². The number of aromatic nitrogens is 3. The van der Waals surface area contributed by atoms with Gasteiger partial charge in [0.05, 0.1) is 16.9 Å². The van der Waals surface area contributed by atoms with Crippen molar-refractivity contribution >= 4 is 40.6 Å². The molecular weight excluding hydrogens is 408 g/mol. The predicted octanol–water partition coefficient (Wildman–Crippen LogP) is 4.29. The summed E-state index contributed by atoms with van der Waals surface area (Å²) in [5.74, 6) is -1.13. The van der Waals surface area contributed by atoms with E-state index in [1.807, 2.05) is 0 Å².